The summed E-state index contributed by atoms with van der Waals surface area (Å²) in [6.45, 7) is 16.7. The highest BCUT2D eigenvalue weighted by Gasteiger charge is 2.43. The van der Waals surface area contributed by atoms with E-state index in [-0.39, 0.29) is 12.3 Å². The number of aromatic amines is 2. The molecule has 1 saturated heterocycles. The molecule has 11 nitrogen and oxygen atoms in total. The number of aryl methyl sites for hydroxylation is 3. The van der Waals surface area contributed by atoms with Crippen LogP contribution in [0, 0.1) is 20.8 Å². The molecule has 0 spiro atoms. The van der Waals surface area contributed by atoms with E-state index >= 15 is 0 Å². The van der Waals surface area contributed by atoms with E-state index in [4.69, 9.17) is 14.7 Å². The van der Waals surface area contributed by atoms with Crippen molar-refractivity contribution in [3.05, 3.63) is 75.9 Å². The van der Waals surface area contributed by atoms with Crippen molar-refractivity contribution in [1.82, 2.24) is 25.3 Å². The predicted octanol–water partition coefficient (Wildman–Crippen LogP) is 5.97. The lowest BCUT2D eigenvalue weighted by Gasteiger charge is -2.39. The third kappa shape index (κ3) is 7.67. The first kappa shape index (κ1) is 38.7. The number of nitrogens with zero attached hydrogens (tertiary/aromatic N) is 2. The van der Waals surface area contributed by atoms with Gasteiger partial charge in [0.2, 0.25) is 5.91 Å². The maximum Gasteiger partial charge on any atom is 0.220 e. The van der Waals surface area contributed by atoms with Crippen molar-refractivity contribution in [3.63, 3.8) is 0 Å². The van der Waals surface area contributed by atoms with Gasteiger partial charge in [-0.25, -0.2) is 9.97 Å². The summed E-state index contributed by atoms with van der Waals surface area (Å²) >= 11 is 1.28. The van der Waals surface area contributed by atoms with E-state index in [1.807, 2.05) is 6.08 Å². The maximum absolute atomic E-state index is 13.1. The maximum atomic E-state index is 13.1. The third-order valence-corrected chi connectivity index (χ3v) is 11.9. The Labute approximate surface area is 314 Å². The molecule has 3 aliphatic heterocycles. The number of ether oxygens (including phenoxy) is 1. The fourth-order valence-electron chi connectivity index (χ4n) is 7.36. The van der Waals surface area contributed by atoms with Crippen molar-refractivity contribution in [2.45, 2.75) is 97.1 Å². The Hall–Kier alpha value is -4.04. The Bertz CT molecular complexity index is 2150. The minimum absolute atomic E-state index is 0.0806. The molecule has 282 valence electrons. The van der Waals surface area contributed by atoms with Gasteiger partial charge >= 0.3 is 0 Å². The van der Waals surface area contributed by atoms with Gasteiger partial charge in [0.15, 0.2) is 0 Å². The number of aliphatic hydroxyl groups is 4. The van der Waals surface area contributed by atoms with Crippen LogP contribution in [0.2, 0.25) is 0 Å². The molecule has 7 N–H and O–H groups in total. The molecule has 0 radical (unpaired) electrons. The molecular weight excluding hydrogens is 691 g/mol. The second-order valence-electron chi connectivity index (χ2n) is 14.1. The molecule has 5 atom stereocenters. The smallest absolute Gasteiger partial charge is 0.220 e. The molecule has 0 aliphatic carbocycles. The van der Waals surface area contributed by atoms with Crippen LogP contribution in [-0.2, 0) is 9.53 Å². The van der Waals surface area contributed by atoms with Gasteiger partial charge in [-0.15, -0.1) is 11.8 Å². The monoisotopic (exact) mass is 741 g/mol. The number of amides is 1. The number of carbonyl (C=O) groups is 1. The molecule has 6 heterocycles. The number of carbonyl (C=O) groups excluding carboxylic acids is 1. The fourth-order valence-corrected chi connectivity index (χ4v) is 8.49. The summed E-state index contributed by atoms with van der Waals surface area (Å²) in [5, 5.41) is 42.8. The van der Waals surface area contributed by atoms with Crippen LogP contribution in [0.25, 0.3) is 50.4 Å². The molecule has 6 rings (SSSR count). The molecule has 0 saturated carbocycles. The van der Waals surface area contributed by atoms with Gasteiger partial charge in [0.05, 0.1) is 29.4 Å². The van der Waals surface area contributed by atoms with Gasteiger partial charge in [0.25, 0.3) is 0 Å². The summed E-state index contributed by atoms with van der Waals surface area (Å²) < 4.78 is 5.57. The molecule has 3 aliphatic rings. The van der Waals surface area contributed by atoms with E-state index < -0.39 is 36.5 Å². The van der Waals surface area contributed by atoms with Crippen LogP contribution < -0.4 is 5.32 Å². The van der Waals surface area contributed by atoms with Crippen molar-refractivity contribution in [2.75, 3.05) is 18.9 Å². The van der Waals surface area contributed by atoms with Crippen LogP contribution in [0.4, 0.5) is 0 Å². The SMILES string of the molecule is C=Cc1c(C)c2cc3nc(c(C)c4cc(C)c(cc5nc(cc1[nH]2)C(C)=C5CC)[nH]4)C(CCC(=O)NCCCS[C@@H]1O[C@H](CO)[C@@H](O)[C@H](O)[C@H]1O)=C3C. The lowest BCUT2D eigenvalue weighted by atomic mass is 9.98. The summed E-state index contributed by atoms with van der Waals surface area (Å²) in [5.41, 5.74) is 15.3. The average Bonchev–Trinajstić information content (AvgIpc) is 3.84. The van der Waals surface area contributed by atoms with Crippen LogP contribution >= 0.6 is 11.8 Å². The Balaban J connectivity index is 1.27. The second-order valence-corrected chi connectivity index (χ2v) is 15.3. The van der Waals surface area contributed by atoms with Gasteiger partial charge in [-0.05, 0) is 123 Å². The van der Waals surface area contributed by atoms with E-state index in [0.717, 1.165) is 84.7 Å². The topological polar surface area (TPSA) is 177 Å². The average molecular weight is 742 g/mol. The molecule has 1 fully saturated rings. The molecule has 0 aromatic carbocycles. The standard InChI is InChI=1S/C41H51N5O6S/c1-8-25-22(5)31-18-34-26(9-2)21(4)30(44-34)17-32-23(6)27(37(46-32)24(7)29-15-20(3)28(43-29)16-33(25)45-31)11-12-36(48)42-13-10-14-53-41-40(51)39(50)38(49)35(19-47)52-41/h9,15-18,35,38-41,43-44,47,49-51H,2,8,10-14,19H2,1,3-7H3,(H,42,48)/t35-,38-,39+,40-,41+/m1/s1. The number of allylic oxidation sites excluding steroid dienone is 4. The van der Waals surface area contributed by atoms with Gasteiger partial charge < -0.3 is 40.4 Å². The molecule has 8 bridgehead atoms. The molecule has 1 amide bonds. The van der Waals surface area contributed by atoms with Crippen molar-refractivity contribution >= 4 is 68.1 Å². The predicted molar refractivity (Wildman–Crippen MR) is 214 cm³/mol. The van der Waals surface area contributed by atoms with Gasteiger partial charge in [-0.3, -0.25) is 4.79 Å². The molecule has 53 heavy (non-hydrogen) atoms. The van der Waals surface area contributed by atoms with Gasteiger partial charge in [0, 0.05) is 40.6 Å². The number of hydrogen-bond donors (Lipinski definition) is 7. The summed E-state index contributed by atoms with van der Waals surface area (Å²) in [5.74, 6) is 0.456. The van der Waals surface area contributed by atoms with Crippen molar-refractivity contribution in [3.8, 4) is 0 Å². The molecule has 3 aromatic rings. The van der Waals surface area contributed by atoms with Crippen LogP contribution in [-0.4, -0.2) is 95.0 Å². The first-order chi connectivity index (χ1) is 25.4. The summed E-state index contributed by atoms with van der Waals surface area (Å²) in [6.07, 6.45) is -0.874. The number of rotatable bonds is 11. The lowest BCUT2D eigenvalue weighted by Crippen LogP contribution is -2.57. The first-order valence-corrected chi connectivity index (χ1v) is 19.4. The van der Waals surface area contributed by atoms with E-state index in [0.29, 0.717) is 25.1 Å². The Morgan fingerprint density at radius 3 is 2.26 bits per heavy atom. The number of H-pyrrole nitrogens is 2. The highest BCUT2D eigenvalue weighted by molar-refractivity contribution is 7.99. The van der Waals surface area contributed by atoms with Gasteiger partial charge in [0.1, 0.15) is 29.9 Å². The highest BCUT2D eigenvalue weighted by Crippen LogP contribution is 2.37. The van der Waals surface area contributed by atoms with Crippen molar-refractivity contribution < 1.29 is 30.0 Å². The minimum Gasteiger partial charge on any atom is -0.394 e. The minimum atomic E-state index is -1.40. The Morgan fingerprint density at radius 1 is 0.887 bits per heavy atom. The van der Waals surface area contributed by atoms with Gasteiger partial charge in [-0.1, -0.05) is 19.6 Å². The number of nitrogens with one attached hydrogen (secondary N) is 3. The molecule has 0 unspecified atom stereocenters. The van der Waals surface area contributed by atoms with E-state index in [9.17, 15) is 25.2 Å². The van der Waals surface area contributed by atoms with E-state index in [1.165, 1.54) is 22.9 Å². The summed E-state index contributed by atoms with van der Waals surface area (Å²) in [7, 11) is 0. The first-order valence-electron chi connectivity index (χ1n) is 18.3. The third-order valence-electron chi connectivity index (χ3n) is 10.7. The number of aliphatic hydroxyl groups excluding tert-OH is 4. The summed E-state index contributed by atoms with van der Waals surface area (Å²) in [6, 6.07) is 8.48. The van der Waals surface area contributed by atoms with Crippen LogP contribution in [0.1, 0.15) is 91.5 Å². The highest BCUT2D eigenvalue weighted by atomic mass is 32.2. The quantitative estimate of drug-likeness (QED) is 0.117. The Kier molecular flexibility index (Phi) is 11.8. The zero-order valence-corrected chi connectivity index (χ0v) is 32.2. The van der Waals surface area contributed by atoms with Crippen LogP contribution in [0.15, 0.2) is 30.8 Å². The van der Waals surface area contributed by atoms with Crippen molar-refractivity contribution in [1.29, 1.82) is 0 Å². The van der Waals surface area contributed by atoms with Crippen LogP contribution in [0.3, 0.4) is 0 Å². The van der Waals surface area contributed by atoms with Gasteiger partial charge in [-0.2, -0.15) is 0 Å². The normalized spacial score (nSPS) is 21.7. The largest absolute Gasteiger partial charge is 0.394 e. The number of hydrogen-bond acceptors (Lipinski definition) is 9. The van der Waals surface area contributed by atoms with Crippen molar-refractivity contribution in [2.24, 2.45) is 0 Å². The zero-order chi connectivity index (χ0) is 38.1. The van der Waals surface area contributed by atoms with Crippen LogP contribution in [0.5, 0.6) is 0 Å². The molecule has 12 heteroatoms. The number of fused-ring (bicyclic) bond motifs is 8. The zero-order valence-electron chi connectivity index (χ0n) is 31.3. The molecule has 3 aromatic heterocycles. The van der Waals surface area contributed by atoms with E-state index in [2.05, 4.69) is 87.7 Å². The second kappa shape index (κ2) is 16.1. The summed E-state index contributed by atoms with van der Waals surface area (Å²) in [4.78, 5) is 30.7. The Morgan fingerprint density at radius 2 is 1.55 bits per heavy atom. The van der Waals surface area contributed by atoms with E-state index in [1.54, 1.807) is 0 Å². The number of aromatic nitrogens is 4. The fraction of sp³-hybridized carbons (Fsp3) is 0.439. The lowest BCUT2D eigenvalue weighted by molar-refractivity contribution is -0.205. The molecular formula is C41H51N5O6S. The number of thioether (sulfide) groups is 1.